The number of aromatic nitrogens is 2. The summed E-state index contributed by atoms with van der Waals surface area (Å²) in [5.41, 5.74) is 0. The Morgan fingerprint density at radius 2 is 2.06 bits per heavy atom. The van der Waals surface area contributed by atoms with Crippen LogP contribution in [0.2, 0.25) is 0 Å². The largest absolute Gasteiger partial charge is 0.342 e. The molecular weight excluding hydrogens is 234 g/mol. The quantitative estimate of drug-likeness (QED) is 0.777. The normalized spacial score (nSPS) is 9.94. The highest BCUT2D eigenvalue weighted by Gasteiger charge is 2.10. The van der Waals surface area contributed by atoms with Crippen LogP contribution < -0.4 is 5.32 Å². The van der Waals surface area contributed by atoms with E-state index in [1.165, 1.54) is 4.90 Å². The first-order chi connectivity index (χ1) is 8.50. The minimum Gasteiger partial charge on any atom is -0.342 e. The monoisotopic (exact) mass is 253 g/mol. The van der Waals surface area contributed by atoms with E-state index in [9.17, 15) is 9.59 Å². The van der Waals surface area contributed by atoms with Crippen molar-refractivity contribution in [3.05, 3.63) is 18.7 Å². The molecule has 0 aliphatic rings. The summed E-state index contributed by atoms with van der Waals surface area (Å²) in [6, 6.07) is -0.272. The Hall–Kier alpha value is -2.05. The molecule has 0 spiro atoms. The van der Waals surface area contributed by atoms with E-state index in [0.717, 1.165) is 0 Å². The van der Waals surface area contributed by atoms with E-state index in [2.05, 4.69) is 10.3 Å². The van der Waals surface area contributed by atoms with E-state index in [4.69, 9.17) is 0 Å². The van der Waals surface area contributed by atoms with Crippen molar-refractivity contribution in [2.45, 2.75) is 6.54 Å². The highest BCUT2D eigenvalue weighted by Crippen LogP contribution is 1.90. The second kappa shape index (κ2) is 6.63. The van der Waals surface area contributed by atoms with Gasteiger partial charge in [-0.25, -0.2) is 9.78 Å². The van der Waals surface area contributed by atoms with Crippen LogP contribution in [0.15, 0.2) is 18.7 Å². The van der Waals surface area contributed by atoms with Gasteiger partial charge in [-0.3, -0.25) is 4.79 Å². The van der Waals surface area contributed by atoms with Gasteiger partial charge in [0.05, 0.1) is 12.9 Å². The van der Waals surface area contributed by atoms with Gasteiger partial charge in [0.15, 0.2) is 0 Å². The van der Waals surface area contributed by atoms with Crippen LogP contribution in [0.3, 0.4) is 0 Å². The zero-order valence-electron chi connectivity index (χ0n) is 11.0. The van der Waals surface area contributed by atoms with E-state index < -0.39 is 0 Å². The van der Waals surface area contributed by atoms with Crippen LogP contribution in [0.25, 0.3) is 0 Å². The van der Waals surface area contributed by atoms with Gasteiger partial charge in [0.25, 0.3) is 0 Å². The highest BCUT2D eigenvalue weighted by atomic mass is 16.2. The minimum absolute atomic E-state index is 0.0114. The molecule has 1 N–H and O–H groups in total. The van der Waals surface area contributed by atoms with E-state index >= 15 is 0 Å². The fourth-order valence-electron chi connectivity index (χ4n) is 1.25. The highest BCUT2D eigenvalue weighted by molar-refractivity contribution is 5.83. The van der Waals surface area contributed by atoms with Crippen molar-refractivity contribution < 1.29 is 9.59 Å². The van der Waals surface area contributed by atoms with Gasteiger partial charge in [-0.1, -0.05) is 0 Å². The third kappa shape index (κ3) is 4.44. The molecule has 0 fully saturated rings. The second-order valence-electron chi connectivity index (χ2n) is 4.17. The number of rotatable bonds is 5. The van der Waals surface area contributed by atoms with Gasteiger partial charge in [-0.15, -0.1) is 0 Å². The smallest absolute Gasteiger partial charge is 0.317 e. The fraction of sp³-hybridized carbons (Fsp3) is 0.545. The van der Waals surface area contributed by atoms with Gasteiger partial charge in [-0.2, -0.15) is 0 Å². The summed E-state index contributed by atoms with van der Waals surface area (Å²) in [6.07, 6.45) is 5.23. The molecule has 0 atom stereocenters. The molecule has 0 bridgehead atoms. The average Bonchev–Trinajstić information content (AvgIpc) is 2.85. The molecule has 0 aliphatic heterocycles. The fourth-order valence-corrected chi connectivity index (χ4v) is 1.25. The van der Waals surface area contributed by atoms with E-state index in [-0.39, 0.29) is 18.5 Å². The third-order valence-corrected chi connectivity index (χ3v) is 2.48. The molecule has 0 radical (unpaired) electrons. The maximum Gasteiger partial charge on any atom is 0.317 e. The van der Waals surface area contributed by atoms with Gasteiger partial charge in [0.2, 0.25) is 5.91 Å². The van der Waals surface area contributed by atoms with Crippen molar-refractivity contribution in [3.8, 4) is 0 Å². The van der Waals surface area contributed by atoms with Crippen molar-refractivity contribution in [3.63, 3.8) is 0 Å². The molecule has 7 nitrogen and oxygen atoms in total. The zero-order chi connectivity index (χ0) is 13.5. The molecule has 1 aromatic rings. The standard InChI is InChI=1S/C11H19N5O2/c1-14(2)11(18)13-8-10(17)15(3)6-7-16-5-4-12-9-16/h4-5,9H,6-8H2,1-3H3,(H,13,18). The van der Waals surface area contributed by atoms with Crippen LogP contribution in [-0.2, 0) is 11.3 Å². The van der Waals surface area contributed by atoms with Crippen molar-refractivity contribution >= 4 is 11.9 Å². The topological polar surface area (TPSA) is 70.5 Å². The molecule has 0 saturated heterocycles. The van der Waals surface area contributed by atoms with Crippen molar-refractivity contribution in [1.82, 2.24) is 24.7 Å². The first kappa shape index (κ1) is 14.0. The molecule has 0 aliphatic carbocycles. The Morgan fingerprint density at radius 3 is 2.61 bits per heavy atom. The number of urea groups is 1. The molecule has 0 saturated carbocycles. The van der Waals surface area contributed by atoms with Crippen molar-refractivity contribution in [1.29, 1.82) is 0 Å². The van der Waals surface area contributed by atoms with Gasteiger partial charge in [0.1, 0.15) is 0 Å². The molecule has 3 amide bonds. The molecule has 1 aromatic heterocycles. The predicted molar refractivity (Wildman–Crippen MR) is 66.9 cm³/mol. The van der Waals surface area contributed by atoms with Crippen LogP contribution in [0.4, 0.5) is 4.79 Å². The average molecular weight is 253 g/mol. The maximum absolute atomic E-state index is 11.7. The summed E-state index contributed by atoms with van der Waals surface area (Å²) in [5, 5.41) is 2.53. The number of imidazole rings is 1. The van der Waals surface area contributed by atoms with Gasteiger partial charge in [-0.05, 0) is 0 Å². The summed E-state index contributed by atoms with van der Waals surface area (Å²) in [6.45, 7) is 1.27. The van der Waals surface area contributed by atoms with Crippen molar-refractivity contribution in [2.24, 2.45) is 0 Å². The molecule has 7 heteroatoms. The number of hydrogen-bond donors (Lipinski definition) is 1. The van der Waals surface area contributed by atoms with Crippen LogP contribution in [0, 0.1) is 0 Å². The van der Waals surface area contributed by atoms with Crippen molar-refractivity contribution in [2.75, 3.05) is 34.2 Å². The van der Waals surface area contributed by atoms with Gasteiger partial charge in [0, 0.05) is 46.6 Å². The molecule has 1 heterocycles. The Morgan fingerprint density at radius 1 is 1.33 bits per heavy atom. The van der Waals surface area contributed by atoms with Gasteiger partial charge < -0.3 is 19.7 Å². The Kier molecular flexibility index (Phi) is 5.16. The van der Waals surface area contributed by atoms with Crippen LogP contribution in [0.5, 0.6) is 0 Å². The lowest BCUT2D eigenvalue weighted by Gasteiger charge is -2.18. The lowest BCUT2D eigenvalue weighted by atomic mass is 10.4. The third-order valence-electron chi connectivity index (χ3n) is 2.48. The summed E-state index contributed by atoms with van der Waals surface area (Å²) < 4.78 is 1.89. The summed E-state index contributed by atoms with van der Waals surface area (Å²) in [7, 11) is 4.96. The molecule has 18 heavy (non-hydrogen) atoms. The number of nitrogens with one attached hydrogen (secondary N) is 1. The van der Waals surface area contributed by atoms with E-state index in [0.29, 0.717) is 13.1 Å². The lowest BCUT2D eigenvalue weighted by Crippen LogP contribution is -2.42. The maximum atomic E-state index is 11.7. The predicted octanol–water partition coefficient (Wildman–Crippen LogP) is -0.387. The summed E-state index contributed by atoms with van der Waals surface area (Å²) in [5.74, 6) is -0.120. The number of likely N-dealkylation sites (N-methyl/N-ethyl adjacent to an activating group) is 1. The van der Waals surface area contributed by atoms with E-state index in [1.807, 2.05) is 10.8 Å². The number of nitrogens with zero attached hydrogens (tertiary/aromatic N) is 4. The zero-order valence-corrected chi connectivity index (χ0v) is 11.0. The Labute approximate surface area is 106 Å². The minimum atomic E-state index is -0.272. The number of carbonyl (C=O) groups is 2. The number of amides is 3. The first-order valence-electron chi connectivity index (χ1n) is 5.65. The molecule has 1 rings (SSSR count). The van der Waals surface area contributed by atoms with Gasteiger partial charge >= 0.3 is 6.03 Å². The Balaban J connectivity index is 2.26. The summed E-state index contributed by atoms with van der Waals surface area (Å²) in [4.78, 5) is 29.8. The molecule has 0 unspecified atom stereocenters. The van der Waals surface area contributed by atoms with Crippen LogP contribution in [-0.4, -0.2) is 65.5 Å². The lowest BCUT2D eigenvalue weighted by molar-refractivity contribution is -0.128. The number of carbonyl (C=O) groups excluding carboxylic acids is 2. The van der Waals surface area contributed by atoms with Crippen LogP contribution in [0.1, 0.15) is 0 Å². The molecule has 100 valence electrons. The van der Waals surface area contributed by atoms with E-state index in [1.54, 1.807) is 38.6 Å². The first-order valence-corrected chi connectivity index (χ1v) is 5.65. The van der Waals surface area contributed by atoms with Crippen LogP contribution >= 0.6 is 0 Å². The Bertz CT molecular complexity index is 388. The second-order valence-corrected chi connectivity index (χ2v) is 4.17. The number of hydrogen-bond acceptors (Lipinski definition) is 3. The SMILES string of the molecule is CN(C)C(=O)NCC(=O)N(C)CCn1ccnc1. The molecular formula is C11H19N5O2. The summed E-state index contributed by atoms with van der Waals surface area (Å²) >= 11 is 0. The molecule has 0 aromatic carbocycles.